The minimum Gasteiger partial charge on any atom is -0.354 e. The molecule has 0 amide bonds. The van der Waals surface area contributed by atoms with Crippen molar-refractivity contribution in [3.63, 3.8) is 0 Å². The van der Waals surface area contributed by atoms with Crippen LogP contribution in [0.2, 0.25) is 0 Å². The predicted molar refractivity (Wildman–Crippen MR) is 77.4 cm³/mol. The van der Waals surface area contributed by atoms with Crippen molar-refractivity contribution in [1.29, 1.82) is 0 Å². The molecule has 104 valence electrons. The van der Waals surface area contributed by atoms with Crippen LogP contribution in [0.15, 0.2) is 24.4 Å². The molecule has 0 radical (unpaired) electrons. The minimum absolute atomic E-state index is 0.238. The molecule has 1 aliphatic rings. The highest BCUT2D eigenvalue weighted by molar-refractivity contribution is 5.85. The Labute approximate surface area is 115 Å². The van der Waals surface area contributed by atoms with E-state index >= 15 is 0 Å². The van der Waals surface area contributed by atoms with Gasteiger partial charge in [0.25, 0.3) is 0 Å². The smallest absolute Gasteiger partial charge is 0.152 e. The summed E-state index contributed by atoms with van der Waals surface area (Å²) in [6.07, 6.45) is 1.82. The maximum absolute atomic E-state index is 12.0. The van der Waals surface area contributed by atoms with Crippen LogP contribution in [-0.4, -0.2) is 48.4 Å². The van der Waals surface area contributed by atoms with Crippen LogP contribution in [-0.2, 0) is 4.79 Å². The summed E-state index contributed by atoms with van der Waals surface area (Å²) in [5.74, 6) is 1.35. The lowest BCUT2D eigenvalue weighted by molar-refractivity contribution is -0.127. The molecule has 1 saturated heterocycles. The highest BCUT2D eigenvalue weighted by Crippen LogP contribution is 2.17. The summed E-state index contributed by atoms with van der Waals surface area (Å²) < 4.78 is 0. The maximum atomic E-state index is 12.0. The Bertz CT molecular complexity index is 417. The Morgan fingerprint density at radius 2 is 1.89 bits per heavy atom. The van der Waals surface area contributed by atoms with E-state index in [0.29, 0.717) is 12.3 Å². The molecule has 0 saturated carbocycles. The molecule has 2 rings (SSSR count). The van der Waals surface area contributed by atoms with Gasteiger partial charge in [0.2, 0.25) is 0 Å². The number of hydrogen-bond acceptors (Lipinski definition) is 4. The molecule has 4 heteroatoms. The Hall–Kier alpha value is -1.42. The third-order valence-electron chi connectivity index (χ3n) is 3.55. The zero-order chi connectivity index (χ0) is 13.9. The molecule has 4 nitrogen and oxygen atoms in total. The van der Waals surface area contributed by atoms with Crippen LogP contribution in [0.3, 0.4) is 0 Å². The molecule has 2 heterocycles. The quantitative estimate of drug-likeness (QED) is 0.831. The van der Waals surface area contributed by atoms with Gasteiger partial charge in [-0.05, 0) is 12.1 Å². The van der Waals surface area contributed by atoms with Crippen molar-refractivity contribution in [3.05, 3.63) is 24.4 Å². The second kappa shape index (κ2) is 5.70. The lowest BCUT2D eigenvalue weighted by Crippen LogP contribution is -2.49. The van der Waals surface area contributed by atoms with E-state index in [-0.39, 0.29) is 5.41 Å². The van der Waals surface area contributed by atoms with E-state index in [2.05, 4.69) is 14.8 Å². The van der Waals surface area contributed by atoms with E-state index in [1.165, 1.54) is 0 Å². The highest BCUT2D eigenvalue weighted by atomic mass is 16.1. The van der Waals surface area contributed by atoms with Crippen LogP contribution in [0.4, 0.5) is 5.82 Å². The highest BCUT2D eigenvalue weighted by Gasteiger charge is 2.25. The first-order valence-corrected chi connectivity index (χ1v) is 6.88. The number of pyridine rings is 1. The summed E-state index contributed by atoms with van der Waals surface area (Å²) in [6, 6.07) is 5.98. The summed E-state index contributed by atoms with van der Waals surface area (Å²) in [5, 5.41) is 0. The van der Waals surface area contributed by atoms with Gasteiger partial charge in [0.1, 0.15) is 5.82 Å². The molecule has 0 bridgehead atoms. The van der Waals surface area contributed by atoms with Gasteiger partial charge in [-0.1, -0.05) is 26.8 Å². The summed E-state index contributed by atoms with van der Waals surface area (Å²) in [5.41, 5.74) is -0.238. The van der Waals surface area contributed by atoms with Gasteiger partial charge in [-0.25, -0.2) is 4.98 Å². The standard InChI is InChI=1S/C15H23N3O/c1-15(2,3)13(19)12-17-8-10-18(11-9-17)14-6-4-5-7-16-14/h4-7H,8-12H2,1-3H3. The van der Waals surface area contributed by atoms with E-state index in [1.54, 1.807) is 0 Å². The van der Waals surface area contributed by atoms with Crippen LogP contribution in [0, 0.1) is 5.41 Å². The van der Waals surface area contributed by atoms with Gasteiger partial charge >= 0.3 is 0 Å². The van der Waals surface area contributed by atoms with Crippen molar-refractivity contribution in [1.82, 2.24) is 9.88 Å². The van der Waals surface area contributed by atoms with Crippen LogP contribution in [0.1, 0.15) is 20.8 Å². The molecule has 1 aliphatic heterocycles. The average Bonchev–Trinajstić information content (AvgIpc) is 2.39. The number of carbonyl (C=O) groups is 1. The fourth-order valence-corrected chi connectivity index (χ4v) is 2.12. The molecule has 19 heavy (non-hydrogen) atoms. The third-order valence-corrected chi connectivity index (χ3v) is 3.55. The van der Waals surface area contributed by atoms with Crippen molar-refractivity contribution in [2.45, 2.75) is 20.8 Å². The molecule has 1 fully saturated rings. The van der Waals surface area contributed by atoms with Crippen molar-refractivity contribution < 1.29 is 4.79 Å². The SMILES string of the molecule is CC(C)(C)C(=O)CN1CCN(c2ccccn2)CC1. The van der Waals surface area contributed by atoms with Gasteiger partial charge in [0, 0.05) is 37.8 Å². The molecule has 0 atom stereocenters. The number of ketones is 1. The molecular weight excluding hydrogens is 238 g/mol. The Morgan fingerprint density at radius 1 is 1.21 bits per heavy atom. The first kappa shape index (κ1) is 14.0. The van der Waals surface area contributed by atoms with Gasteiger partial charge in [-0.3, -0.25) is 9.69 Å². The maximum Gasteiger partial charge on any atom is 0.152 e. The fourth-order valence-electron chi connectivity index (χ4n) is 2.12. The second-order valence-corrected chi connectivity index (χ2v) is 6.12. The topological polar surface area (TPSA) is 36.4 Å². The molecule has 0 aliphatic carbocycles. The van der Waals surface area contributed by atoms with Crippen molar-refractivity contribution >= 4 is 11.6 Å². The zero-order valence-corrected chi connectivity index (χ0v) is 12.1. The number of Topliss-reactive ketones (excluding diaryl/α,β-unsaturated/α-hetero) is 1. The first-order chi connectivity index (χ1) is 8.97. The van der Waals surface area contributed by atoms with Crippen LogP contribution < -0.4 is 4.90 Å². The summed E-state index contributed by atoms with van der Waals surface area (Å²) in [7, 11) is 0. The molecule has 0 spiro atoms. The zero-order valence-electron chi connectivity index (χ0n) is 12.1. The normalized spacial score (nSPS) is 17.5. The lowest BCUT2D eigenvalue weighted by Gasteiger charge is -2.36. The summed E-state index contributed by atoms with van der Waals surface area (Å²) >= 11 is 0. The number of nitrogens with zero attached hydrogens (tertiary/aromatic N) is 3. The van der Waals surface area contributed by atoms with E-state index in [9.17, 15) is 4.79 Å². The fraction of sp³-hybridized carbons (Fsp3) is 0.600. The molecule has 1 aromatic rings. The van der Waals surface area contributed by atoms with Crippen LogP contribution in [0.25, 0.3) is 0 Å². The number of anilines is 1. The van der Waals surface area contributed by atoms with Crippen LogP contribution >= 0.6 is 0 Å². The number of piperazine rings is 1. The van der Waals surface area contributed by atoms with Gasteiger partial charge in [-0.15, -0.1) is 0 Å². The van der Waals surface area contributed by atoms with Crippen molar-refractivity contribution in [3.8, 4) is 0 Å². The van der Waals surface area contributed by atoms with Gasteiger partial charge < -0.3 is 4.90 Å². The number of aromatic nitrogens is 1. The second-order valence-electron chi connectivity index (χ2n) is 6.12. The molecule has 0 unspecified atom stereocenters. The lowest BCUT2D eigenvalue weighted by atomic mass is 9.90. The van der Waals surface area contributed by atoms with E-state index in [4.69, 9.17) is 0 Å². The number of carbonyl (C=O) groups excluding carboxylic acids is 1. The van der Waals surface area contributed by atoms with Crippen molar-refractivity contribution in [2.24, 2.45) is 5.41 Å². The van der Waals surface area contributed by atoms with E-state index < -0.39 is 0 Å². The molecule has 1 aromatic heterocycles. The first-order valence-electron chi connectivity index (χ1n) is 6.88. The number of hydrogen-bond donors (Lipinski definition) is 0. The Kier molecular flexibility index (Phi) is 4.20. The molecule has 0 N–H and O–H groups in total. The van der Waals surface area contributed by atoms with Gasteiger partial charge in [-0.2, -0.15) is 0 Å². The Morgan fingerprint density at radius 3 is 2.42 bits per heavy atom. The summed E-state index contributed by atoms with van der Waals surface area (Å²) in [6.45, 7) is 10.3. The monoisotopic (exact) mass is 261 g/mol. The van der Waals surface area contributed by atoms with Crippen LogP contribution in [0.5, 0.6) is 0 Å². The van der Waals surface area contributed by atoms with E-state index in [1.807, 2.05) is 45.2 Å². The van der Waals surface area contributed by atoms with Crippen molar-refractivity contribution in [2.75, 3.05) is 37.6 Å². The summed E-state index contributed by atoms with van der Waals surface area (Å²) in [4.78, 5) is 20.9. The average molecular weight is 261 g/mol. The minimum atomic E-state index is -0.238. The predicted octanol–water partition coefficient (Wildman–Crippen LogP) is 1.82. The Balaban J connectivity index is 1.85. The molecule has 0 aromatic carbocycles. The van der Waals surface area contributed by atoms with Gasteiger partial charge in [0.05, 0.1) is 6.54 Å². The number of rotatable bonds is 3. The largest absolute Gasteiger partial charge is 0.354 e. The molecular formula is C15H23N3O. The third kappa shape index (κ3) is 3.77. The van der Waals surface area contributed by atoms with Gasteiger partial charge in [0.15, 0.2) is 5.78 Å². The van der Waals surface area contributed by atoms with E-state index in [0.717, 1.165) is 32.0 Å².